The molecule has 0 unspecified atom stereocenters. The topological polar surface area (TPSA) is 92.5 Å². The van der Waals surface area contributed by atoms with Crippen molar-refractivity contribution in [3.63, 3.8) is 0 Å². The van der Waals surface area contributed by atoms with Gasteiger partial charge in [-0.3, -0.25) is 14.9 Å². The Kier molecular flexibility index (Phi) is 2.81. The van der Waals surface area contributed by atoms with Crippen LogP contribution in [0.25, 0.3) is 0 Å². The SMILES string of the molecule is CC[C@]1(C(C)C)C(=O)NC(=O)N(N)C1=O. The molecule has 3 N–H and O–H groups in total. The fraction of sp³-hybridized carbons (Fsp3) is 0.667. The van der Waals surface area contributed by atoms with E-state index in [2.05, 4.69) is 5.32 Å². The highest BCUT2D eigenvalue weighted by Crippen LogP contribution is 2.35. The van der Waals surface area contributed by atoms with Gasteiger partial charge in [0.25, 0.3) is 5.91 Å². The molecule has 0 spiro atoms. The highest BCUT2D eigenvalue weighted by Gasteiger charge is 2.54. The standard InChI is InChI=1S/C9H15N3O3/c1-4-9(5(2)3)6(13)11-8(15)12(10)7(9)14/h5H,4,10H2,1-3H3,(H,11,13,15)/t9-/m0/s1. The summed E-state index contributed by atoms with van der Waals surface area (Å²) in [6, 6.07) is -0.866. The van der Waals surface area contributed by atoms with Crippen molar-refractivity contribution < 1.29 is 14.4 Å². The third kappa shape index (κ3) is 1.41. The first kappa shape index (κ1) is 11.6. The van der Waals surface area contributed by atoms with E-state index in [0.717, 1.165) is 0 Å². The summed E-state index contributed by atoms with van der Waals surface area (Å²) < 4.78 is 0. The average molecular weight is 213 g/mol. The maximum absolute atomic E-state index is 11.9. The van der Waals surface area contributed by atoms with Crippen LogP contribution in [0.1, 0.15) is 27.2 Å². The summed E-state index contributed by atoms with van der Waals surface area (Å²) in [5.41, 5.74) is -1.22. The Hall–Kier alpha value is -1.43. The van der Waals surface area contributed by atoms with E-state index in [1.165, 1.54) is 0 Å². The van der Waals surface area contributed by atoms with Gasteiger partial charge in [-0.25, -0.2) is 10.6 Å². The minimum Gasteiger partial charge on any atom is -0.275 e. The summed E-state index contributed by atoms with van der Waals surface area (Å²) >= 11 is 0. The van der Waals surface area contributed by atoms with Gasteiger partial charge < -0.3 is 0 Å². The van der Waals surface area contributed by atoms with Crippen LogP contribution in [0.2, 0.25) is 0 Å². The second-order valence-electron chi connectivity index (χ2n) is 3.91. The fourth-order valence-electron chi connectivity index (χ4n) is 1.90. The molecular formula is C9H15N3O3. The minimum atomic E-state index is -1.22. The third-order valence-corrected chi connectivity index (χ3v) is 2.99. The first-order valence-electron chi connectivity index (χ1n) is 4.82. The van der Waals surface area contributed by atoms with Gasteiger partial charge >= 0.3 is 6.03 Å². The molecule has 0 aromatic heterocycles. The molecule has 0 saturated carbocycles. The lowest BCUT2D eigenvalue weighted by atomic mass is 9.72. The van der Waals surface area contributed by atoms with Crippen molar-refractivity contribution >= 4 is 17.8 Å². The molecule has 0 aromatic carbocycles. The molecule has 1 aliphatic rings. The van der Waals surface area contributed by atoms with Gasteiger partial charge in [-0.15, -0.1) is 0 Å². The molecule has 1 atom stereocenters. The van der Waals surface area contributed by atoms with Gasteiger partial charge in [0.15, 0.2) is 0 Å². The number of amides is 4. The quantitative estimate of drug-likeness (QED) is 0.383. The van der Waals surface area contributed by atoms with Crippen LogP contribution >= 0.6 is 0 Å². The smallest absolute Gasteiger partial charge is 0.275 e. The van der Waals surface area contributed by atoms with Crippen LogP contribution in [0, 0.1) is 11.3 Å². The zero-order valence-electron chi connectivity index (χ0n) is 9.03. The molecule has 0 aliphatic carbocycles. The second-order valence-corrected chi connectivity index (χ2v) is 3.91. The summed E-state index contributed by atoms with van der Waals surface area (Å²) in [5, 5.41) is 2.56. The largest absolute Gasteiger partial charge is 0.345 e. The first-order chi connectivity index (χ1) is 6.87. The molecule has 6 nitrogen and oxygen atoms in total. The van der Waals surface area contributed by atoms with Crippen molar-refractivity contribution in [3.8, 4) is 0 Å². The Labute approximate surface area is 87.8 Å². The zero-order valence-corrected chi connectivity index (χ0v) is 9.03. The van der Waals surface area contributed by atoms with Gasteiger partial charge in [0, 0.05) is 0 Å². The van der Waals surface area contributed by atoms with Crippen molar-refractivity contribution in [2.75, 3.05) is 0 Å². The number of nitrogens with zero attached hydrogens (tertiary/aromatic N) is 1. The first-order valence-corrected chi connectivity index (χ1v) is 4.82. The number of hydrogen-bond donors (Lipinski definition) is 2. The van der Waals surface area contributed by atoms with Crippen molar-refractivity contribution in [3.05, 3.63) is 0 Å². The molecule has 6 heteroatoms. The molecule has 1 aliphatic heterocycles. The van der Waals surface area contributed by atoms with Crippen molar-refractivity contribution in [1.29, 1.82) is 0 Å². The zero-order chi connectivity index (χ0) is 11.8. The Morgan fingerprint density at radius 2 is 1.93 bits per heavy atom. The van der Waals surface area contributed by atoms with Crippen LogP contribution in [-0.2, 0) is 9.59 Å². The van der Waals surface area contributed by atoms with E-state index in [0.29, 0.717) is 11.4 Å². The van der Waals surface area contributed by atoms with Crippen LogP contribution in [0.15, 0.2) is 0 Å². The van der Waals surface area contributed by atoms with Crippen LogP contribution in [0.5, 0.6) is 0 Å². The van der Waals surface area contributed by atoms with E-state index in [4.69, 9.17) is 5.84 Å². The van der Waals surface area contributed by atoms with Crippen LogP contribution in [0.3, 0.4) is 0 Å². The summed E-state index contributed by atoms with van der Waals surface area (Å²) in [4.78, 5) is 34.7. The molecule has 1 fully saturated rings. The predicted molar refractivity (Wildman–Crippen MR) is 52.1 cm³/mol. The summed E-state index contributed by atoms with van der Waals surface area (Å²) in [6.45, 7) is 5.23. The maximum Gasteiger partial charge on any atom is 0.345 e. The predicted octanol–water partition coefficient (Wildman–Crippen LogP) is -0.00910. The normalized spacial score (nSPS) is 27.3. The number of barbiturate groups is 1. The van der Waals surface area contributed by atoms with Crippen molar-refractivity contribution in [2.45, 2.75) is 27.2 Å². The van der Waals surface area contributed by atoms with Crippen molar-refractivity contribution in [1.82, 2.24) is 10.3 Å². The van der Waals surface area contributed by atoms with Gasteiger partial charge in [0.05, 0.1) is 0 Å². The van der Waals surface area contributed by atoms with Crippen LogP contribution in [0.4, 0.5) is 4.79 Å². The van der Waals surface area contributed by atoms with Gasteiger partial charge in [-0.2, -0.15) is 5.01 Å². The molecule has 0 bridgehead atoms. The molecule has 4 amide bonds. The van der Waals surface area contributed by atoms with E-state index in [1.807, 2.05) is 0 Å². The lowest BCUT2D eigenvalue weighted by Crippen LogP contribution is -2.67. The number of rotatable bonds is 2. The van der Waals surface area contributed by atoms with E-state index in [1.54, 1.807) is 20.8 Å². The lowest BCUT2D eigenvalue weighted by Gasteiger charge is -2.39. The van der Waals surface area contributed by atoms with Crippen LogP contribution in [-0.4, -0.2) is 22.9 Å². The number of urea groups is 1. The summed E-state index contributed by atoms with van der Waals surface area (Å²) in [5.74, 6) is 3.89. The minimum absolute atomic E-state index is 0.214. The highest BCUT2D eigenvalue weighted by atomic mass is 16.2. The van der Waals surface area contributed by atoms with E-state index in [-0.39, 0.29) is 5.92 Å². The lowest BCUT2D eigenvalue weighted by molar-refractivity contribution is -0.155. The number of hydrogen-bond acceptors (Lipinski definition) is 4. The van der Waals surface area contributed by atoms with E-state index in [9.17, 15) is 14.4 Å². The molecule has 0 aromatic rings. The highest BCUT2D eigenvalue weighted by molar-refractivity contribution is 6.18. The Morgan fingerprint density at radius 3 is 2.33 bits per heavy atom. The summed E-state index contributed by atoms with van der Waals surface area (Å²) in [7, 11) is 0. The van der Waals surface area contributed by atoms with Gasteiger partial charge in [0.2, 0.25) is 5.91 Å². The molecule has 1 heterocycles. The average Bonchev–Trinajstić information content (AvgIpc) is 2.15. The van der Waals surface area contributed by atoms with E-state index >= 15 is 0 Å². The van der Waals surface area contributed by atoms with Gasteiger partial charge in [0.1, 0.15) is 5.41 Å². The molecular weight excluding hydrogens is 198 g/mol. The number of nitrogens with one attached hydrogen (secondary N) is 1. The van der Waals surface area contributed by atoms with Crippen LogP contribution < -0.4 is 11.2 Å². The van der Waals surface area contributed by atoms with Gasteiger partial charge in [-0.1, -0.05) is 20.8 Å². The summed E-state index contributed by atoms with van der Waals surface area (Å²) in [6.07, 6.45) is 0.316. The monoisotopic (exact) mass is 213 g/mol. The number of carbonyl (C=O) groups is 3. The van der Waals surface area contributed by atoms with Gasteiger partial charge in [-0.05, 0) is 12.3 Å². The Morgan fingerprint density at radius 1 is 1.40 bits per heavy atom. The second kappa shape index (κ2) is 3.62. The Bertz CT molecular complexity index is 327. The molecule has 0 radical (unpaired) electrons. The van der Waals surface area contributed by atoms with Crippen molar-refractivity contribution in [2.24, 2.45) is 17.2 Å². The molecule has 84 valence electrons. The number of hydrazine groups is 1. The number of nitrogens with two attached hydrogens (primary N) is 1. The number of imide groups is 2. The molecule has 1 saturated heterocycles. The third-order valence-electron chi connectivity index (χ3n) is 2.99. The molecule has 1 rings (SSSR count). The number of carbonyl (C=O) groups excluding carboxylic acids is 3. The Balaban J connectivity index is 3.21. The molecule has 15 heavy (non-hydrogen) atoms. The fourth-order valence-corrected chi connectivity index (χ4v) is 1.90. The maximum atomic E-state index is 11.9. The van der Waals surface area contributed by atoms with E-state index < -0.39 is 23.3 Å².